The monoisotopic (exact) mass is 402 g/mol. The summed E-state index contributed by atoms with van der Waals surface area (Å²) < 4.78 is 7.10. The number of rotatable bonds is 2. The molecule has 0 saturated heterocycles. The number of carbonyl (C=O) groups excluding carboxylic acids is 1. The lowest BCUT2D eigenvalue weighted by atomic mass is 10.2. The van der Waals surface area contributed by atoms with E-state index < -0.39 is 0 Å². The Morgan fingerprint density at radius 1 is 1.06 bits per heavy atom. The van der Waals surface area contributed by atoms with Crippen molar-refractivity contribution in [1.82, 2.24) is 0 Å². The summed E-state index contributed by atoms with van der Waals surface area (Å²) >= 11 is 5.52. The van der Waals surface area contributed by atoms with Crippen LogP contribution in [0.5, 0.6) is 5.75 Å². The number of halogens is 2. The smallest absolute Gasteiger partial charge is 0.344 e. The molecular weight excluding hydrogens is 395 g/mol. The predicted octanol–water partition coefficient (Wildman–Crippen LogP) is 4.27. The average molecular weight is 403 g/mol. The largest absolute Gasteiger partial charge is 0.423 e. The van der Waals surface area contributed by atoms with E-state index in [1.807, 2.05) is 24.3 Å². The number of carbonyl (C=O) groups is 1. The molecule has 0 aliphatic rings. The predicted molar refractivity (Wildman–Crippen MR) is 78.3 cm³/mol. The molecule has 0 N–H and O–H groups in total. The molecule has 0 saturated carbocycles. The van der Waals surface area contributed by atoms with Crippen molar-refractivity contribution in [3.05, 3.63) is 62.1 Å². The molecular formula is C13H8BrIO2. The first-order valence-electron chi connectivity index (χ1n) is 4.89. The molecule has 0 aliphatic heterocycles. The van der Waals surface area contributed by atoms with Gasteiger partial charge in [0.25, 0.3) is 0 Å². The van der Waals surface area contributed by atoms with Crippen molar-refractivity contribution in [3.8, 4) is 5.75 Å². The quantitative estimate of drug-likeness (QED) is 0.426. The van der Waals surface area contributed by atoms with E-state index in [2.05, 4.69) is 38.5 Å². The highest BCUT2D eigenvalue weighted by Gasteiger charge is 2.11. The van der Waals surface area contributed by atoms with E-state index in [-0.39, 0.29) is 5.97 Å². The molecule has 0 spiro atoms. The van der Waals surface area contributed by atoms with Crippen LogP contribution in [0.15, 0.2) is 53.0 Å². The topological polar surface area (TPSA) is 26.3 Å². The van der Waals surface area contributed by atoms with E-state index in [9.17, 15) is 4.79 Å². The van der Waals surface area contributed by atoms with Gasteiger partial charge in [-0.1, -0.05) is 12.1 Å². The molecule has 0 unspecified atom stereocenters. The lowest BCUT2D eigenvalue weighted by Gasteiger charge is -2.05. The second kappa shape index (κ2) is 5.64. The van der Waals surface area contributed by atoms with E-state index in [1.54, 1.807) is 24.3 Å². The summed E-state index contributed by atoms with van der Waals surface area (Å²) in [7, 11) is 0. The van der Waals surface area contributed by atoms with Crippen LogP contribution in [-0.2, 0) is 0 Å². The second-order valence-electron chi connectivity index (χ2n) is 3.32. The van der Waals surface area contributed by atoms with E-state index in [0.717, 1.165) is 8.04 Å². The van der Waals surface area contributed by atoms with E-state index in [0.29, 0.717) is 11.3 Å². The number of hydrogen-bond acceptors (Lipinski definition) is 2. The number of esters is 1. The SMILES string of the molecule is O=C(Oc1ccc(I)cc1)c1ccccc1Br. The molecule has 0 aromatic heterocycles. The van der Waals surface area contributed by atoms with Crippen LogP contribution >= 0.6 is 38.5 Å². The first kappa shape index (κ1) is 12.6. The fraction of sp³-hybridized carbons (Fsp3) is 0. The highest BCUT2D eigenvalue weighted by molar-refractivity contribution is 14.1. The second-order valence-corrected chi connectivity index (χ2v) is 5.42. The van der Waals surface area contributed by atoms with Gasteiger partial charge in [0.15, 0.2) is 0 Å². The van der Waals surface area contributed by atoms with Crippen molar-refractivity contribution in [2.24, 2.45) is 0 Å². The van der Waals surface area contributed by atoms with Gasteiger partial charge in [0, 0.05) is 8.04 Å². The molecule has 0 atom stereocenters. The number of hydrogen-bond donors (Lipinski definition) is 0. The summed E-state index contributed by atoms with van der Waals surface area (Å²) in [4.78, 5) is 11.9. The Bertz CT molecular complexity index is 537. The maximum Gasteiger partial charge on any atom is 0.344 e. The number of ether oxygens (including phenoxy) is 1. The highest BCUT2D eigenvalue weighted by Crippen LogP contribution is 2.19. The maximum absolute atomic E-state index is 11.9. The molecule has 2 nitrogen and oxygen atoms in total. The molecule has 86 valence electrons. The fourth-order valence-electron chi connectivity index (χ4n) is 1.29. The summed E-state index contributed by atoms with van der Waals surface area (Å²) in [5.74, 6) is 0.185. The zero-order valence-corrected chi connectivity index (χ0v) is 12.4. The van der Waals surface area contributed by atoms with Crippen LogP contribution in [0, 0.1) is 3.57 Å². The minimum absolute atomic E-state index is 0.362. The summed E-state index contributed by atoms with van der Waals surface area (Å²) in [5.41, 5.74) is 0.519. The zero-order valence-electron chi connectivity index (χ0n) is 8.69. The Kier molecular flexibility index (Phi) is 4.17. The van der Waals surface area contributed by atoms with Gasteiger partial charge in [-0.3, -0.25) is 0 Å². The molecule has 2 aromatic rings. The third-order valence-electron chi connectivity index (χ3n) is 2.12. The van der Waals surface area contributed by atoms with E-state index in [1.165, 1.54) is 0 Å². The molecule has 0 aliphatic carbocycles. The van der Waals surface area contributed by atoms with Crippen molar-refractivity contribution in [2.75, 3.05) is 0 Å². The van der Waals surface area contributed by atoms with Crippen molar-refractivity contribution in [2.45, 2.75) is 0 Å². The van der Waals surface area contributed by atoms with Gasteiger partial charge in [0.05, 0.1) is 5.56 Å². The lowest BCUT2D eigenvalue weighted by molar-refractivity contribution is 0.0734. The molecule has 0 amide bonds. The molecule has 0 heterocycles. The third kappa shape index (κ3) is 3.29. The van der Waals surface area contributed by atoms with Gasteiger partial charge in [0.2, 0.25) is 0 Å². The van der Waals surface area contributed by atoms with E-state index >= 15 is 0 Å². The minimum Gasteiger partial charge on any atom is -0.423 e. The lowest BCUT2D eigenvalue weighted by Crippen LogP contribution is -2.08. The minimum atomic E-state index is -0.362. The van der Waals surface area contributed by atoms with Crippen LogP contribution in [0.1, 0.15) is 10.4 Å². The summed E-state index contributed by atoms with van der Waals surface area (Å²) in [5, 5.41) is 0. The Labute approximate surface area is 121 Å². The van der Waals surface area contributed by atoms with Crippen LogP contribution in [0.25, 0.3) is 0 Å². The van der Waals surface area contributed by atoms with Crippen LogP contribution in [-0.4, -0.2) is 5.97 Å². The molecule has 2 rings (SSSR count). The van der Waals surface area contributed by atoms with Gasteiger partial charge < -0.3 is 4.74 Å². The van der Waals surface area contributed by atoms with Crippen molar-refractivity contribution in [3.63, 3.8) is 0 Å². The Morgan fingerprint density at radius 2 is 1.71 bits per heavy atom. The highest BCUT2D eigenvalue weighted by atomic mass is 127. The van der Waals surface area contributed by atoms with Gasteiger partial charge in [0.1, 0.15) is 5.75 Å². The van der Waals surface area contributed by atoms with Crippen molar-refractivity contribution in [1.29, 1.82) is 0 Å². The van der Waals surface area contributed by atoms with Gasteiger partial charge in [-0.2, -0.15) is 0 Å². The van der Waals surface area contributed by atoms with Crippen LogP contribution < -0.4 is 4.74 Å². The first-order chi connectivity index (χ1) is 8.16. The molecule has 17 heavy (non-hydrogen) atoms. The maximum atomic E-state index is 11.9. The normalized spacial score (nSPS) is 10.0. The van der Waals surface area contributed by atoms with E-state index in [4.69, 9.17) is 4.74 Å². The van der Waals surface area contributed by atoms with Crippen molar-refractivity contribution >= 4 is 44.5 Å². The molecule has 0 radical (unpaired) electrons. The summed E-state index contributed by atoms with van der Waals surface area (Å²) in [6.45, 7) is 0. The van der Waals surface area contributed by atoms with Gasteiger partial charge in [-0.05, 0) is 74.9 Å². The third-order valence-corrected chi connectivity index (χ3v) is 3.53. The van der Waals surface area contributed by atoms with Crippen LogP contribution in [0.3, 0.4) is 0 Å². The van der Waals surface area contributed by atoms with Crippen LogP contribution in [0.2, 0.25) is 0 Å². The van der Waals surface area contributed by atoms with Gasteiger partial charge in [-0.25, -0.2) is 4.79 Å². The van der Waals surface area contributed by atoms with Gasteiger partial charge in [-0.15, -0.1) is 0 Å². The first-order valence-corrected chi connectivity index (χ1v) is 6.76. The summed E-state index contributed by atoms with van der Waals surface area (Å²) in [6.07, 6.45) is 0. The van der Waals surface area contributed by atoms with Gasteiger partial charge >= 0.3 is 5.97 Å². The zero-order chi connectivity index (χ0) is 12.3. The molecule has 0 bridgehead atoms. The Balaban J connectivity index is 2.17. The standard InChI is InChI=1S/C13H8BrIO2/c14-12-4-2-1-3-11(12)13(16)17-10-7-5-9(15)6-8-10/h1-8H. The van der Waals surface area contributed by atoms with Crippen molar-refractivity contribution < 1.29 is 9.53 Å². The molecule has 4 heteroatoms. The fourth-order valence-corrected chi connectivity index (χ4v) is 2.10. The Morgan fingerprint density at radius 3 is 2.35 bits per heavy atom. The summed E-state index contributed by atoms with van der Waals surface area (Å²) in [6, 6.07) is 14.5. The Hall–Kier alpha value is -0.880. The molecule has 2 aromatic carbocycles. The number of benzene rings is 2. The van der Waals surface area contributed by atoms with Crippen LogP contribution in [0.4, 0.5) is 0 Å². The average Bonchev–Trinajstić information content (AvgIpc) is 2.32. The molecule has 0 fully saturated rings.